The highest BCUT2D eigenvalue weighted by Crippen LogP contribution is 2.35. The molecule has 0 aliphatic rings. The van der Waals surface area contributed by atoms with Crippen molar-refractivity contribution in [2.24, 2.45) is 5.92 Å². The van der Waals surface area contributed by atoms with Crippen LogP contribution in [-0.4, -0.2) is 20.8 Å². The van der Waals surface area contributed by atoms with Crippen molar-refractivity contribution in [3.63, 3.8) is 0 Å². The third-order valence-electron chi connectivity index (χ3n) is 2.72. The summed E-state index contributed by atoms with van der Waals surface area (Å²) in [6.07, 6.45) is 1.17. The van der Waals surface area contributed by atoms with Gasteiger partial charge in [0, 0.05) is 6.54 Å². The molecule has 0 radical (unpaired) electrons. The molecule has 1 aromatic rings. The average Bonchev–Trinajstić information content (AvgIpc) is 2.33. The SMILES string of the molecule is COc1cc(CNCCC(C)C)cc(Cl)c1OC. The lowest BCUT2D eigenvalue weighted by Crippen LogP contribution is -2.16. The third kappa shape index (κ3) is 4.39. The van der Waals surface area contributed by atoms with E-state index in [2.05, 4.69) is 19.2 Å². The molecule has 0 fully saturated rings. The standard InChI is InChI=1S/C14H22ClNO2/c1-10(2)5-6-16-9-11-7-12(15)14(18-4)13(8-11)17-3/h7-8,10,16H,5-6,9H2,1-4H3. The number of methoxy groups -OCH3 is 2. The molecule has 1 N–H and O–H groups in total. The molecular formula is C14H22ClNO2. The van der Waals surface area contributed by atoms with Crippen LogP contribution in [0.25, 0.3) is 0 Å². The topological polar surface area (TPSA) is 30.5 Å². The van der Waals surface area contributed by atoms with Gasteiger partial charge in [0.25, 0.3) is 0 Å². The molecule has 1 rings (SSSR count). The number of benzene rings is 1. The van der Waals surface area contributed by atoms with Gasteiger partial charge in [-0.25, -0.2) is 0 Å². The second kappa shape index (κ2) is 7.49. The van der Waals surface area contributed by atoms with Crippen LogP contribution in [-0.2, 0) is 6.54 Å². The van der Waals surface area contributed by atoms with E-state index in [1.165, 1.54) is 6.42 Å². The summed E-state index contributed by atoms with van der Waals surface area (Å²) >= 11 is 6.14. The Hall–Kier alpha value is -0.930. The summed E-state index contributed by atoms with van der Waals surface area (Å²) < 4.78 is 10.5. The fourth-order valence-corrected chi connectivity index (χ4v) is 2.01. The normalized spacial score (nSPS) is 10.8. The van der Waals surface area contributed by atoms with Gasteiger partial charge in [-0.2, -0.15) is 0 Å². The number of ether oxygens (including phenoxy) is 2. The Kier molecular flexibility index (Phi) is 6.30. The van der Waals surface area contributed by atoms with Gasteiger partial charge in [-0.1, -0.05) is 25.4 Å². The van der Waals surface area contributed by atoms with E-state index in [0.29, 0.717) is 22.4 Å². The van der Waals surface area contributed by atoms with Crippen LogP contribution in [0.1, 0.15) is 25.8 Å². The van der Waals surface area contributed by atoms with Crippen LogP contribution in [0.3, 0.4) is 0 Å². The summed E-state index contributed by atoms with van der Waals surface area (Å²) in [6.45, 7) is 6.22. The van der Waals surface area contributed by atoms with E-state index >= 15 is 0 Å². The predicted octanol–water partition coefficient (Wildman–Crippen LogP) is 3.49. The molecule has 0 spiro atoms. The van der Waals surface area contributed by atoms with Crippen LogP contribution in [0.2, 0.25) is 5.02 Å². The second-order valence-electron chi connectivity index (χ2n) is 4.67. The van der Waals surface area contributed by atoms with Gasteiger partial charge >= 0.3 is 0 Å². The Morgan fingerprint density at radius 3 is 2.50 bits per heavy atom. The molecule has 18 heavy (non-hydrogen) atoms. The number of halogens is 1. The third-order valence-corrected chi connectivity index (χ3v) is 3.00. The van der Waals surface area contributed by atoms with Gasteiger partial charge in [0.15, 0.2) is 11.5 Å². The van der Waals surface area contributed by atoms with Crippen LogP contribution in [0.15, 0.2) is 12.1 Å². The monoisotopic (exact) mass is 271 g/mol. The lowest BCUT2D eigenvalue weighted by atomic mass is 10.1. The minimum Gasteiger partial charge on any atom is -0.493 e. The van der Waals surface area contributed by atoms with E-state index in [1.807, 2.05) is 12.1 Å². The van der Waals surface area contributed by atoms with Gasteiger partial charge in [0.2, 0.25) is 0 Å². The molecule has 4 heteroatoms. The van der Waals surface area contributed by atoms with Crippen molar-refractivity contribution in [2.45, 2.75) is 26.8 Å². The van der Waals surface area contributed by atoms with Crippen LogP contribution in [0.5, 0.6) is 11.5 Å². The fourth-order valence-electron chi connectivity index (χ4n) is 1.70. The summed E-state index contributed by atoms with van der Waals surface area (Å²) in [5, 5.41) is 3.98. The maximum absolute atomic E-state index is 6.14. The molecule has 0 bridgehead atoms. The highest BCUT2D eigenvalue weighted by molar-refractivity contribution is 6.32. The molecule has 0 saturated carbocycles. The zero-order valence-electron chi connectivity index (χ0n) is 11.5. The van der Waals surface area contributed by atoms with E-state index in [-0.39, 0.29) is 0 Å². The van der Waals surface area contributed by atoms with Crippen molar-refractivity contribution >= 4 is 11.6 Å². The molecule has 0 unspecified atom stereocenters. The number of rotatable bonds is 7. The Balaban J connectivity index is 2.64. The fraction of sp³-hybridized carbons (Fsp3) is 0.571. The number of hydrogen-bond donors (Lipinski definition) is 1. The quantitative estimate of drug-likeness (QED) is 0.770. The molecule has 0 amide bonds. The lowest BCUT2D eigenvalue weighted by Gasteiger charge is -2.12. The van der Waals surface area contributed by atoms with Crippen LogP contribution in [0, 0.1) is 5.92 Å². The lowest BCUT2D eigenvalue weighted by molar-refractivity contribution is 0.354. The first-order chi connectivity index (χ1) is 8.58. The Labute approximate surface area is 114 Å². The van der Waals surface area contributed by atoms with Gasteiger partial charge in [0.05, 0.1) is 19.2 Å². The number of nitrogens with one attached hydrogen (secondary N) is 1. The van der Waals surface area contributed by atoms with Gasteiger partial charge in [-0.15, -0.1) is 0 Å². The first-order valence-corrected chi connectivity index (χ1v) is 6.57. The van der Waals surface area contributed by atoms with E-state index < -0.39 is 0 Å². The molecular weight excluding hydrogens is 250 g/mol. The largest absolute Gasteiger partial charge is 0.493 e. The Morgan fingerprint density at radius 2 is 1.94 bits per heavy atom. The molecule has 0 atom stereocenters. The molecule has 0 saturated heterocycles. The maximum atomic E-state index is 6.14. The average molecular weight is 272 g/mol. The minimum absolute atomic E-state index is 0.581. The first-order valence-electron chi connectivity index (χ1n) is 6.19. The van der Waals surface area contributed by atoms with Crippen LogP contribution in [0.4, 0.5) is 0 Å². The summed E-state index contributed by atoms with van der Waals surface area (Å²) in [6, 6.07) is 3.86. The van der Waals surface area contributed by atoms with E-state index in [9.17, 15) is 0 Å². The smallest absolute Gasteiger partial charge is 0.179 e. The van der Waals surface area contributed by atoms with Crippen molar-refractivity contribution < 1.29 is 9.47 Å². The zero-order chi connectivity index (χ0) is 13.5. The zero-order valence-corrected chi connectivity index (χ0v) is 12.3. The van der Waals surface area contributed by atoms with Crippen LogP contribution >= 0.6 is 11.6 Å². The minimum atomic E-state index is 0.581. The van der Waals surface area contributed by atoms with Crippen molar-refractivity contribution in [1.29, 1.82) is 0 Å². The van der Waals surface area contributed by atoms with Gasteiger partial charge < -0.3 is 14.8 Å². The van der Waals surface area contributed by atoms with Crippen molar-refractivity contribution in [3.05, 3.63) is 22.7 Å². The van der Waals surface area contributed by atoms with E-state index in [1.54, 1.807) is 14.2 Å². The van der Waals surface area contributed by atoms with E-state index in [4.69, 9.17) is 21.1 Å². The van der Waals surface area contributed by atoms with Gasteiger partial charge in [-0.3, -0.25) is 0 Å². The summed E-state index contributed by atoms with van der Waals surface area (Å²) in [7, 11) is 3.20. The highest BCUT2D eigenvalue weighted by Gasteiger charge is 2.10. The maximum Gasteiger partial charge on any atom is 0.179 e. The second-order valence-corrected chi connectivity index (χ2v) is 5.08. The Morgan fingerprint density at radius 1 is 1.22 bits per heavy atom. The molecule has 3 nitrogen and oxygen atoms in total. The summed E-state index contributed by atoms with van der Waals surface area (Å²) in [5.41, 5.74) is 1.10. The molecule has 102 valence electrons. The molecule has 0 aromatic heterocycles. The van der Waals surface area contributed by atoms with Crippen molar-refractivity contribution in [1.82, 2.24) is 5.32 Å². The number of hydrogen-bond acceptors (Lipinski definition) is 3. The van der Waals surface area contributed by atoms with Gasteiger partial charge in [-0.05, 0) is 36.6 Å². The molecule has 0 heterocycles. The highest BCUT2D eigenvalue weighted by atomic mass is 35.5. The molecule has 0 aliphatic heterocycles. The Bertz CT molecular complexity index is 380. The van der Waals surface area contributed by atoms with Crippen molar-refractivity contribution in [2.75, 3.05) is 20.8 Å². The van der Waals surface area contributed by atoms with E-state index in [0.717, 1.165) is 18.7 Å². The summed E-state index contributed by atoms with van der Waals surface area (Å²) in [5.74, 6) is 1.97. The first kappa shape index (κ1) is 15.1. The molecule has 1 aromatic carbocycles. The van der Waals surface area contributed by atoms with Gasteiger partial charge in [0.1, 0.15) is 0 Å². The molecule has 0 aliphatic carbocycles. The van der Waals surface area contributed by atoms with Crippen molar-refractivity contribution in [3.8, 4) is 11.5 Å². The predicted molar refractivity (Wildman–Crippen MR) is 75.7 cm³/mol. The summed E-state index contributed by atoms with van der Waals surface area (Å²) in [4.78, 5) is 0. The van der Waals surface area contributed by atoms with Crippen LogP contribution < -0.4 is 14.8 Å².